The van der Waals surface area contributed by atoms with Gasteiger partial charge in [0.1, 0.15) is 11.4 Å². The third kappa shape index (κ3) is 4.75. The quantitative estimate of drug-likeness (QED) is 0.622. The molecule has 0 aromatic heterocycles. The van der Waals surface area contributed by atoms with Gasteiger partial charge in [-0.25, -0.2) is 4.79 Å². The van der Waals surface area contributed by atoms with E-state index in [-0.39, 0.29) is 25.0 Å². The fourth-order valence-corrected chi connectivity index (χ4v) is 2.44. The molecule has 0 radical (unpaired) electrons. The van der Waals surface area contributed by atoms with Crippen molar-refractivity contribution in [1.82, 2.24) is 5.06 Å². The normalized spacial score (nSPS) is 14.1. The Morgan fingerprint density at radius 3 is 2.33 bits per heavy atom. The van der Waals surface area contributed by atoms with Crippen LogP contribution in [0.3, 0.4) is 0 Å². The van der Waals surface area contributed by atoms with Gasteiger partial charge in [-0.15, -0.1) is 10.2 Å². The number of nitrogens with zero attached hydrogens (tertiary/aromatic N) is 3. The van der Waals surface area contributed by atoms with Gasteiger partial charge in [-0.2, -0.15) is 5.11 Å². The predicted octanol–water partition coefficient (Wildman–Crippen LogP) is 3.35. The summed E-state index contributed by atoms with van der Waals surface area (Å²) in [6.07, 6.45) is 0.577. The molecule has 8 nitrogen and oxygen atoms in total. The number of rotatable bonds is 6. The van der Waals surface area contributed by atoms with E-state index in [1.54, 1.807) is 42.5 Å². The fraction of sp³-hybridized carbons (Fsp3) is 0.211. The lowest BCUT2D eigenvalue weighted by Gasteiger charge is -2.12. The minimum absolute atomic E-state index is 0.0375. The summed E-state index contributed by atoms with van der Waals surface area (Å²) in [7, 11) is 0. The van der Waals surface area contributed by atoms with Crippen molar-refractivity contribution >= 4 is 29.2 Å². The number of phenols is 1. The Bertz CT molecular complexity index is 876. The average Bonchev–Trinajstić information content (AvgIpc) is 2.98. The molecule has 0 atom stereocenters. The van der Waals surface area contributed by atoms with Crippen LogP contribution < -0.4 is 0 Å². The summed E-state index contributed by atoms with van der Waals surface area (Å²) in [5.74, 6) is -1.58. The molecule has 2 aromatic carbocycles. The highest BCUT2D eigenvalue weighted by Gasteiger charge is 2.32. The molecule has 1 N–H and O–H groups in total. The smallest absolute Gasteiger partial charge is 0.333 e. The number of phenolic OH excluding ortho intramolecular Hbond substituents is 1. The zero-order chi connectivity index (χ0) is 19.2. The molecule has 3 rings (SSSR count). The van der Waals surface area contributed by atoms with Crippen molar-refractivity contribution in [1.29, 1.82) is 0 Å². The largest absolute Gasteiger partial charge is 0.506 e. The molecule has 1 aliphatic heterocycles. The monoisotopic (exact) mass is 367 g/mol. The lowest BCUT2D eigenvalue weighted by Crippen LogP contribution is -2.32. The zero-order valence-electron chi connectivity index (χ0n) is 14.4. The van der Waals surface area contributed by atoms with Crippen LogP contribution in [-0.4, -0.2) is 28.0 Å². The van der Waals surface area contributed by atoms with E-state index in [2.05, 4.69) is 10.2 Å². The van der Waals surface area contributed by atoms with E-state index in [4.69, 9.17) is 4.84 Å². The number of benzene rings is 2. The molecule has 1 fully saturated rings. The third-order valence-electron chi connectivity index (χ3n) is 3.91. The van der Waals surface area contributed by atoms with Gasteiger partial charge in [0.15, 0.2) is 0 Å². The molecule has 0 spiro atoms. The second-order valence-corrected chi connectivity index (χ2v) is 5.90. The minimum Gasteiger partial charge on any atom is -0.506 e. The van der Waals surface area contributed by atoms with Gasteiger partial charge in [0.2, 0.25) is 0 Å². The number of hydrogen-bond acceptors (Lipinski definition) is 7. The summed E-state index contributed by atoms with van der Waals surface area (Å²) in [6.45, 7) is 0. The van der Waals surface area contributed by atoms with E-state index in [1.165, 1.54) is 6.07 Å². The second-order valence-electron chi connectivity index (χ2n) is 5.90. The van der Waals surface area contributed by atoms with E-state index in [9.17, 15) is 19.5 Å². The summed E-state index contributed by atoms with van der Waals surface area (Å²) in [5.41, 5.74) is 1.83. The Kier molecular flexibility index (Phi) is 5.55. The summed E-state index contributed by atoms with van der Waals surface area (Å²) in [5, 5.41) is 18.2. The summed E-state index contributed by atoms with van der Waals surface area (Å²) in [4.78, 5) is 39.4. The van der Waals surface area contributed by atoms with E-state index >= 15 is 0 Å². The van der Waals surface area contributed by atoms with Gasteiger partial charge < -0.3 is 9.94 Å². The van der Waals surface area contributed by atoms with Crippen LogP contribution in [0.5, 0.6) is 5.75 Å². The molecule has 27 heavy (non-hydrogen) atoms. The van der Waals surface area contributed by atoms with Crippen LogP contribution in [0, 0.1) is 0 Å². The number of carbonyl (C=O) groups is 3. The molecular weight excluding hydrogens is 350 g/mol. The Balaban J connectivity index is 1.52. The highest BCUT2D eigenvalue weighted by atomic mass is 16.7. The summed E-state index contributed by atoms with van der Waals surface area (Å²) in [6, 6.07) is 13.7. The maximum Gasteiger partial charge on any atom is 0.333 e. The third-order valence-corrected chi connectivity index (χ3v) is 3.91. The number of azo groups is 1. The molecule has 0 saturated carbocycles. The maximum atomic E-state index is 11.8. The molecule has 0 unspecified atom stereocenters. The molecule has 1 heterocycles. The minimum atomic E-state index is -0.637. The number of imide groups is 1. The molecule has 0 bridgehead atoms. The van der Waals surface area contributed by atoms with E-state index in [0.717, 1.165) is 5.56 Å². The van der Waals surface area contributed by atoms with E-state index < -0.39 is 17.8 Å². The highest BCUT2D eigenvalue weighted by molar-refractivity contribution is 6.01. The lowest BCUT2D eigenvalue weighted by molar-refractivity contribution is -0.197. The highest BCUT2D eigenvalue weighted by Crippen LogP contribution is 2.27. The number of para-hydroxylation sites is 1. The molecule has 138 valence electrons. The molecule has 1 saturated heterocycles. The zero-order valence-corrected chi connectivity index (χ0v) is 14.4. The van der Waals surface area contributed by atoms with Crippen LogP contribution in [0.25, 0.3) is 0 Å². The molecule has 8 heteroatoms. The van der Waals surface area contributed by atoms with Crippen LogP contribution >= 0.6 is 0 Å². The predicted molar refractivity (Wildman–Crippen MR) is 94.2 cm³/mol. The first-order valence-corrected chi connectivity index (χ1v) is 8.38. The lowest BCUT2D eigenvalue weighted by atomic mass is 10.1. The van der Waals surface area contributed by atoms with E-state index in [0.29, 0.717) is 22.9 Å². The van der Waals surface area contributed by atoms with Crippen LogP contribution in [-0.2, 0) is 25.6 Å². The number of hydroxylamine groups is 2. The molecular formula is C19H17N3O5. The van der Waals surface area contributed by atoms with Crippen molar-refractivity contribution in [3.63, 3.8) is 0 Å². The average molecular weight is 367 g/mol. The number of hydrogen-bond donors (Lipinski definition) is 1. The number of aromatic hydroxyl groups is 1. The van der Waals surface area contributed by atoms with Gasteiger partial charge in [0.25, 0.3) is 11.8 Å². The SMILES string of the molecule is O=C(CCc1ccc(/N=N/c2ccccc2O)cc1)ON1C(=O)CCC1=O. The van der Waals surface area contributed by atoms with Gasteiger partial charge in [0, 0.05) is 12.8 Å². The summed E-state index contributed by atoms with van der Waals surface area (Å²) >= 11 is 0. The van der Waals surface area contributed by atoms with Gasteiger partial charge in [0.05, 0.1) is 12.1 Å². The standard InChI is InChI=1S/C19H17N3O5/c23-16-4-2-1-3-15(16)21-20-14-8-5-13(6-9-14)7-12-19(26)27-22-17(24)10-11-18(22)25/h1-6,8-9,23H,7,10-12H2/b21-20+. The van der Waals surface area contributed by atoms with Crippen molar-refractivity contribution in [2.45, 2.75) is 25.7 Å². The van der Waals surface area contributed by atoms with Crippen LogP contribution in [0.1, 0.15) is 24.8 Å². The first kappa shape index (κ1) is 18.2. The van der Waals surface area contributed by atoms with Crippen molar-refractivity contribution in [2.75, 3.05) is 0 Å². The van der Waals surface area contributed by atoms with Gasteiger partial charge in [-0.1, -0.05) is 24.3 Å². The van der Waals surface area contributed by atoms with Gasteiger partial charge >= 0.3 is 5.97 Å². The van der Waals surface area contributed by atoms with Crippen molar-refractivity contribution in [2.24, 2.45) is 10.2 Å². The van der Waals surface area contributed by atoms with Crippen LogP contribution in [0.2, 0.25) is 0 Å². The van der Waals surface area contributed by atoms with E-state index in [1.807, 2.05) is 0 Å². The number of aryl methyl sites for hydroxylation is 1. The van der Waals surface area contributed by atoms with Crippen LogP contribution in [0.4, 0.5) is 11.4 Å². The maximum absolute atomic E-state index is 11.8. The Morgan fingerprint density at radius 1 is 1.00 bits per heavy atom. The van der Waals surface area contributed by atoms with Gasteiger partial charge in [-0.05, 0) is 36.2 Å². The molecule has 2 amide bonds. The number of amides is 2. The second kappa shape index (κ2) is 8.22. The molecule has 0 aliphatic carbocycles. The Morgan fingerprint density at radius 2 is 1.67 bits per heavy atom. The first-order valence-electron chi connectivity index (χ1n) is 8.38. The molecule has 1 aliphatic rings. The van der Waals surface area contributed by atoms with Crippen molar-refractivity contribution < 1.29 is 24.3 Å². The first-order chi connectivity index (χ1) is 13.0. The summed E-state index contributed by atoms with van der Waals surface area (Å²) < 4.78 is 0. The Hall–Kier alpha value is -3.55. The van der Waals surface area contributed by atoms with Crippen LogP contribution in [0.15, 0.2) is 58.8 Å². The number of carbonyl (C=O) groups excluding carboxylic acids is 3. The topological polar surface area (TPSA) is 109 Å². The van der Waals surface area contributed by atoms with Crippen molar-refractivity contribution in [3.8, 4) is 5.75 Å². The van der Waals surface area contributed by atoms with Crippen molar-refractivity contribution in [3.05, 3.63) is 54.1 Å². The fourth-order valence-electron chi connectivity index (χ4n) is 2.44. The Labute approximate surface area is 155 Å². The van der Waals surface area contributed by atoms with Gasteiger partial charge in [-0.3, -0.25) is 9.59 Å². The molecule has 2 aromatic rings.